The van der Waals surface area contributed by atoms with Crippen molar-refractivity contribution in [2.24, 2.45) is 0 Å². The number of rotatable bonds is 7. The van der Waals surface area contributed by atoms with Crippen LogP contribution in [0.25, 0.3) is 0 Å². The summed E-state index contributed by atoms with van der Waals surface area (Å²) in [7, 11) is -2.62. The fourth-order valence-corrected chi connectivity index (χ4v) is 8.68. The number of carbonyl (C=O) groups excluding carboxylic acids is 1. The Balaban J connectivity index is 1.89. The molecule has 150 valence electrons. The topological polar surface area (TPSA) is 17.1 Å². The number of hydrogen-bond acceptors (Lipinski definition) is 1. The molecule has 0 saturated carbocycles. The minimum absolute atomic E-state index is 0.0867. The molecule has 1 nitrogen and oxygen atoms in total. The quantitative estimate of drug-likeness (QED) is 0.305. The number of benzene rings is 4. The van der Waals surface area contributed by atoms with Crippen LogP contribution in [0.3, 0.4) is 0 Å². The zero-order valence-electron chi connectivity index (χ0n) is 16.7. The zero-order valence-corrected chi connectivity index (χ0v) is 17.7. The van der Waals surface area contributed by atoms with E-state index < -0.39 is 13.9 Å². The van der Waals surface area contributed by atoms with Crippen LogP contribution in [-0.4, -0.2) is 11.9 Å². The minimum atomic E-state index is -2.62. The van der Waals surface area contributed by atoms with E-state index in [9.17, 15) is 9.18 Å². The molecule has 0 atom stereocenters. The fraction of sp³-hybridized carbons (Fsp3) is 0.0741. The van der Waals surface area contributed by atoms with Crippen molar-refractivity contribution >= 4 is 29.0 Å². The summed E-state index contributed by atoms with van der Waals surface area (Å²) in [5.74, 6) is 0.0867. The number of alkyl halides is 1. The van der Waals surface area contributed by atoms with Gasteiger partial charge in [-0.3, -0.25) is 0 Å². The van der Waals surface area contributed by atoms with Gasteiger partial charge in [-0.25, -0.2) is 0 Å². The van der Waals surface area contributed by atoms with Gasteiger partial charge in [0.05, 0.1) is 0 Å². The van der Waals surface area contributed by atoms with Crippen LogP contribution >= 0.6 is 7.26 Å². The van der Waals surface area contributed by atoms with Gasteiger partial charge in [-0.1, -0.05) is 0 Å². The summed E-state index contributed by atoms with van der Waals surface area (Å²) in [6.45, 7) is -0.523. The molecule has 3 heteroatoms. The number of hydrogen-bond donors (Lipinski definition) is 0. The fourth-order valence-electron chi connectivity index (χ4n) is 4.10. The van der Waals surface area contributed by atoms with E-state index >= 15 is 0 Å². The molecular weight excluding hydrogens is 390 g/mol. The molecule has 0 aliphatic carbocycles. The van der Waals surface area contributed by atoms with Gasteiger partial charge in [0.15, 0.2) is 0 Å². The molecule has 4 aromatic rings. The van der Waals surface area contributed by atoms with Crippen LogP contribution < -0.4 is 15.9 Å². The second-order valence-corrected chi connectivity index (χ2v) is 11.3. The first kappa shape index (κ1) is 20.2. The third-order valence-corrected chi connectivity index (χ3v) is 10.5. The Morgan fingerprint density at radius 2 is 1.00 bits per heavy atom. The van der Waals surface area contributed by atoms with Crippen molar-refractivity contribution in [2.45, 2.75) is 6.67 Å². The zero-order chi connectivity index (χ0) is 20.8. The van der Waals surface area contributed by atoms with Gasteiger partial charge in [0.25, 0.3) is 0 Å². The molecule has 0 aliphatic heterocycles. The third-order valence-electron chi connectivity index (χ3n) is 5.66. The number of ketones is 1. The summed E-state index contributed by atoms with van der Waals surface area (Å²) in [4.78, 5) is 13.5. The standard InChI is InChI=1S/C27H24FOP/c28-20-22-16-18-23(19-17-22)27(29)21-30(24-10-4-1-5-11-24,25-12-6-2-7-13-25)26-14-8-3-9-15-26/h1-19,30H,20-21H2. The predicted molar refractivity (Wildman–Crippen MR) is 127 cm³/mol. The second-order valence-electron chi connectivity index (χ2n) is 7.43. The van der Waals surface area contributed by atoms with Crippen LogP contribution in [0.15, 0.2) is 115 Å². The average Bonchev–Trinajstić information content (AvgIpc) is 2.84. The van der Waals surface area contributed by atoms with Crippen molar-refractivity contribution in [2.75, 3.05) is 6.16 Å². The van der Waals surface area contributed by atoms with Gasteiger partial charge in [-0.2, -0.15) is 0 Å². The van der Waals surface area contributed by atoms with E-state index in [2.05, 4.69) is 36.4 Å². The van der Waals surface area contributed by atoms with Crippen LogP contribution in [0, 0.1) is 0 Å². The van der Waals surface area contributed by atoms with Crippen LogP contribution in [-0.2, 0) is 6.67 Å². The van der Waals surface area contributed by atoms with Gasteiger partial charge in [-0.15, -0.1) is 0 Å². The van der Waals surface area contributed by atoms with E-state index in [1.165, 1.54) is 15.9 Å². The number of Topliss-reactive ketones (excluding diaryl/α,β-unsaturated/α-hetero) is 1. The third kappa shape index (κ3) is 3.97. The van der Waals surface area contributed by atoms with Crippen molar-refractivity contribution < 1.29 is 9.18 Å². The first-order chi connectivity index (χ1) is 14.7. The molecule has 0 radical (unpaired) electrons. The van der Waals surface area contributed by atoms with Gasteiger partial charge in [0.2, 0.25) is 0 Å². The van der Waals surface area contributed by atoms with Gasteiger partial charge in [0.1, 0.15) is 0 Å². The molecule has 0 N–H and O–H groups in total. The molecule has 0 spiro atoms. The molecule has 30 heavy (non-hydrogen) atoms. The van der Waals surface area contributed by atoms with Crippen LogP contribution in [0.1, 0.15) is 15.9 Å². The Hall–Kier alpha value is -3.09. The van der Waals surface area contributed by atoms with Crippen LogP contribution in [0.4, 0.5) is 4.39 Å². The monoisotopic (exact) mass is 414 g/mol. The molecule has 0 aromatic heterocycles. The van der Waals surface area contributed by atoms with E-state index in [1.807, 2.05) is 54.6 Å². The van der Waals surface area contributed by atoms with Gasteiger partial charge >= 0.3 is 177 Å². The molecule has 0 unspecified atom stereocenters. The maximum atomic E-state index is 13.5. The SMILES string of the molecule is O=C(C[PH](c1ccccc1)(c1ccccc1)c1ccccc1)c1ccc(CF)cc1. The molecule has 0 aliphatic rings. The molecule has 4 aromatic carbocycles. The summed E-state index contributed by atoms with van der Waals surface area (Å²) >= 11 is 0. The molecule has 0 amide bonds. The first-order valence-electron chi connectivity index (χ1n) is 10.1. The summed E-state index contributed by atoms with van der Waals surface area (Å²) in [6.07, 6.45) is 0.417. The Labute approximate surface area is 177 Å². The maximum absolute atomic E-state index is 13.5. The van der Waals surface area contributed by atoms with Crippen molar-refractivity contribution in [1.29, 1.82) is 0 Å². The summed E-state index contributed by atoms with van der Waals surface area (Å²) in [5, 5.41) is 3.61. The Morgan fingerprint density at radius 1 is 0.600 bits per heavy atom. The van der Waals surface area contributed by atoms with E-state index in [-0.39, 0.29) is 5.78 Å². The van der Waals surface area contributed by atoms with E-state index in [0.29, 0.717) is 17.3 Å². The van der Waals surface area contributed by atoms with E-state index in [1.54, 1.807) is 24.3 Å². The van der Waals surface area contributed by atoms with E-state index in [0.717, 1.165) is 0 Å². The summed E-state index contributed by atoms with van der Waals surface area (Å²) < 4.78 is 12.9. The van der Waals surface area contributed by atoms with Crippen LogP contribution in [0.5, 0.6) is 0 Å². The van der Waals surface area contributed by atoms with Crippen molar-refractivity contribution in [3.8, 4) is 0 Å². The number of carbonyl (C=O) groups is 1. The van der Waals surface area contributed by atoms with Gasteiger partial charge in [-0.05, 0) is 0 Å². The van der Waals surface area contributed by atoms with Gasteiger partial charge in [0, 0.05) is 0 Å². The van der Waals surface area contributed by atoms with Crippen molar-refractivity contribution in [1.82, 2.24) is 0 Å². The molecule has 4 rings (SSSR count). The van der Waals surface area contributed by atoms with Gasteiger partial charge < -0.3 is 0 Å². The molecule has 0 heterocycles. The predicted octanol–water partition coefficient (Wildman–Crippen LogP) is 5.07. The van der Waals surface area contributed by atoms with Crippen LogP contribution in [0.2, 0.25) is 0 Å². The Bertz CT molecular complexity index is 997. The van der Waals surface area contributed by atoms with Crippen molar-refractivity contribution in [3.63, 3.8) is 0 Å². The molecular formula is C27H24FOP. The summed E-state index contributed by atoms with van der Waals surface area (Å²) in [6, 6.07) is 38.1. The average molecular weight is 414 g/mol. The molecule has 0 fully saturated rings. The van der Waals surface area contributed by atoms with Crippen molar-refractivity contribution in [3.05, 3.63) is 126 Å². The number of halogens is 1. The molecule has 0 saturated heterocycles. The Kier molecular flexibility index (Phi) is 6.16. The normalized spacial score (nSPS) is 11.8. The van der Waals surface area contributed by atoms with E-state index in [4.69, 9.17) is 0 Å². The summed E-state index contributed by atoms with van der Waals surface area (Å²) in [5.41, 5.74) is 1.22. The second kappa shape index (κ2) is 9.15. The Morgan fingerprint density at radius 3 is 1.37 bits per heavy atom. The molecule has 0 bridgehead atoms. The first-order valence-corrected chi connectivity index (χ1v) is 12.3.